The summed E-state index contributed by atoms with van der Waals surface area (Å²) in [4.78, 5) is 4.30. The van der Waals surface area contributed by atoms with Crippen LogP contribution in [0.1, 0.15) is 5.69 Å². The normalized spacial score (nSPS) is 11.3. The van der Waals surface area contributed by atoms with Gasteiger partial charge in [-0.2, -0.15) is 0 Å². The number of rotatable bonds is 2. The van der Waals surface area contributed by atoms with Gasteiger partial charge in [-0.3, -0.25) is 0 Å². The number of nitrogens with one attached hydrogen (secondary N) is 1. The van der Waals surface area contributed by atoms with Crippen LogP contribution in [0.3, 0.4) is 0 Å². The van der Waals surface area contributed by atoms with Crippen LogP contribution in [-0.4, -0.2) is 33.8 Å². The third-order valence-electron chi connectivity index (χ3n) is 1.63. The highest BCUT2D eigenvalue weighted by Gasteiger charge is 2.14. The van der Waals surface area contributed by atoms with Crippen LogP contribution in [0, 0.1) is 6.92 Å². The van der Waals surface area contributed by atoms with Gasteiger partial charge in [0.2, 0.25) is 0 Å². The Hall–Kier alpha value is -0.765. The Morgan fingerprint density at radius 1 is 1.50 bits per heavy atom. The third kappa shape index (κ3) is 2.87. The average molecular weight is 207 g/mol. The van der Waals surface area contributed by atoms with Crippen LogP contribution in [0.15, 0.2) is 6.07 Å². The molecule has 1 rings (SSSR count). The summed E-state index contributed by atoms with van der Waals surface area (Å²) >= 11 is 5.94. The van der Waals surface area contributed by atoms with Crippen molar-refractivity contribution in [1.29, 1.82) is 0 Å². The SMILES string of the molecule is BC(B)(B)Nc1nc(C)cc(Cl)c1N. The number of halogens is 1. The molecule has 3 N–H and O–H groups in total. The van der Waals surface area contributed by atoms with Crippen molar-refractivity contribution in [3.63, 3.8) is 0 Å². The van der Waals surface area contributed by atoms with E-state index in [0.717, 1.165) is 5.69 Å². The molecule has 0 amide bonds. The summed E-state index contributed by atoms with van der Waals surface area (Å²) in [5.74, 6) is 0.655. The number of nitrogens with two attached hydrogens (primary N) is 1. The lowest BCUT2D eigenvalue weighted by atomic mass is 9.49. The molecule has 0 bridgehead atoms. The number of aromatic nitrogens is 1. The molecule has 3 nitrogen and oxygen atoms in total. The van der Waals surface area contributed by atoms with Crippen molar-refractivity contribution in [2.45, 2.75) is 12.2 Å². The minimum absolute atomic E-state index is 0.0712. The van der Waals surface area contributed by atoms with Crippen molar-refractivity contribution in [2.75, 3.05) is 11.1 Å². The van der Waals surface area contributed by atoms with Gasteiger partial charge in [0, 0.05) is 5.69 Å². The molecular formula is C7H13B3ClN3. The minimum atomic E-state index is -0.0712. The standard InChI is InChI=1S/C7H13B3ClN3/c1-3-2-4(11)5(12)6(13-3)14-7(8,9)10/h2H,8-10,12H2,1H3,(H,13,14). The maximum absolute atomic E-state index is 5.94. The highest BCUT2D eigenvalue weighted by Crippen LogP contribution is 2.26. The van der Waals surface area contributed by atoms with Gasteiger partial charge in [0.25, 0.3) is 0 Å². The third-order valence-corrected chi connectivity index (χ3v) is 1.94. The molecule has 1 heterocycles. The van der Waals surface area contributed by atoms with E-state index in [0.29, 0.717) is 16.5 Å². The van der Waals surface area contributed by atoms with E-state index >= 15 is 0 Å². The van der Waals surface area contributed by atoms with E-state index in [2.05, 4.69) is 10.3 Å². The van der Waals surface area contributed by atoms with E-state index in [-0.39, 0.29) is 5.24 Å². The summed E-state index contributed by atoms with van der Waals surface area (Å²) in [6, 6.07) is 1.75. The molecular weight excluding hydrogens is 194 g/mol. The predicted octanol–water partition coefficient (Wildman–Crippen LogP) is -1.45. The number of aryl methyl sites for hydroxylation is 1. The Morgan fingerprint density at radius 3 is 2.57 bits per heavy atom. The molecule has 0 aromatic carbocycles. The van der Waals surface area contributed by atoms with Crippen LogP contribution in [0.4, 0.5) is 11.5 Å². The molecule has 7 heteroatoms. The number of nitrogens with zero attached hydrogens (tertiary/aromatic N) is 1. The van der Waals surface area contributed by atoms with Crippen molar-refractivity contribution < 1.29 is 0 Å². The minimum Gasteiger partial charge on any atom is -0.395 e. The average Bonchev–Trinajstić information content (AvgIpc) is 1.96. The van der Waals surface area contributed by atoms with Gasteiger partial charge in [-0.15, -0.1) is 0 Å². The summed E-state index contributed by atoms with van der Waals surface area (Å²) in [5.41, 5.74) is 7.17. The predicted molar refractivity (Wildman–Crippen MR) is 70.4 cm³/mol. The van der Waals surface area contributed by atoms with Crippen molar-refractivity contribution in [2.24, 2.45) is 0 Å². The topological polar surface area (TPSA) is 50.9 Å². The number of hydrogen-bond acceptors (Lipinski definition) is 3. The Morgan fingerprint density at radius 2 is 2.07 bits per heavy atom. The van der Waals surface area contributed by atoms with Gasteiger partial charge in [-0.05, 0) is 18.2 Å². The van der Waals surface area contributed by atoms with Gasteiger partial charge in [0.05, 0.1) is 10.7 Å². The fourth-order valence-corrected chi connectivity index (χ4v) is 1.34. The summed E-state index contributed by atoms with van der Waals surface area (Å²) in [6.45, 7) is 1.89. The van der Waals surface area contributed by atoms with Gasteiger partial charge < -0.3 is 11.1 Å². The zero-order valence-corrected chi connectivity index (χ0v) is 9.74. The Kier molecular flexibility index (Phi) is 3.05. The number of hydrogen-bond donors (Lipinski definition) is 2. The number of anilines is 2. The molecule has 0 saturated heterocycles. The van der Waals surface area contributed by atoms with Crippen molar-refractivity contribution >= 4 is 46.6 Å². The first-order valence-corrected chi connectivity index (χ1v) is 4.88. The largest absolute Gasteiger partial charge is 0.395 e. The van der Waals surface area contributed by atoms with E-state index < -0.39 is 0 Å². The molecule has 1 aromatic heterocycles. The van der Waals surface area contributed by atoms with E-state index in [1.54, 1.807) is 6.07 Å². The maximum atomic E-state index is 5.94. The van der Waals surface area contributed by atoms with E-state index in [1.807, 2.05) is 30.5 Å². The van der Waals surface area contributed by atoms with E-state index in [1.165, 1.54) is 0 Å². The molecule has 0 saturated carbocycles. The summed E-state index contributed by atoms with van der Waals surface area (Å²) < 4.78 is 0. The molecule has 14 heavy (non-hydrogen) atoms. The maximum Gasteiger partial charge on any atom is 0.149 e. The monoisotopic (exact) mass is 207 g/mol. The zero-order chi connectivity index (χ0) is 10.9. The van der Waals surface area contributed by atoms with Crippen LogP contribution in [0.25, 0.3) is 0 Å². The first kappa shape index (κ1) is 11.3. The van der Waals surface area contributed by atoms with Crippen LogP contribution < -0.4 is 11.1 Å². The zero-order valence-electron chi connectivity index (χ0n) is 8.98. The van der Waals surface area contributed by atoms with Gasteiger partial charge >= 0.3 is 0 Å². The van der Waals surface area contributed by atoms with E-state index in [9.17, 15) is 0 Å². The van der Waals surface area contributed by atoms with Crippen molar-refractivity contribution in [1.82, 2.24) is 4.98 Å². The molecule has 72 valence electrons. The fourth-order valence-electron chi connectivity index (χ4n) is 1.09. The first-order chi connectivity index (χ1) is 6.29. The molecule has 0 aliphatic rings. The Bertz CT molecular complexity index is 351. The number of nitrogen functional groups attached to an aromatic ring is 1. The Labute approximate surface area is 92.0 Å². The lowest BCUT2D eigenvalue weighted by molar-refractivity contribution is 1.14. The van der Waals surface area contributed by atoms with Gasteiger partial charge in [-0.1, -0.05) is 11.6 Å². The number of pyridine rings is 1. The smallest absolute Gasteiger partial charge is 0.149 e. The van der Waals surface area contributed by atoms with Crippen LogP contribution in [0.5, 0.6) is 0 Å². The molecule has 0 radical (unpaired) electrons. The molecule has 1 aromatic rings. The Balaban J connectivity index is 3.09. The van der Waals surface area contributed by atoms with Crippen LogP contribution >= 0.6 is 11.6 Å². The molecule has 0 spiro atoms. The molecule has 0 fully saturated rings. The second-order valence-electron chi connectivity index (χ2n) is 4.38. The highest BCUT2D eigenvalue weighted by atomic mass is 35.5. The van der Waals surface area contributed by atoms with Gasteiger partial charge in [0.1, 0.15) is 29.4 Å². The summed E-state index contributed by atoms with van der Waals surface area (Å²) in [6.07, 6.45) is 0. The highest BCUT2D eigenvalue weighted by molar-refractivity contribution is 6.60. The quantitative estimate of drug-likeness (QED) is 0.583. The van der Waals surface area contributed by atoms with Gasteiger partial charge in [0.15, 0.2) is 0 Å². The molecule has 0 aliphatic carbocycles. The lowest BCUT2D eigenvalue weighted by Crippen LogP contribution is -2.40. The van der Waals surface area contributed by atoms with Crippen molar-refractivity contribution in [3.05, 3.63) is 16.8 Å². The molecule has 0 aliphatic heterocycles. The van der Waals surface area contributed by atoms with Gasteiger partial charge in [-0.25, -0.2) is 4.98 Å². The molecule has 0 unspecified atom stereocenters. The molecule has 0 atom stereocenters. The van der Waals surface area contributed by atoms with Crippen molar-refractivity contribution in [3.8, 4) is 0 Å². The summed E-state index contributed by atoms with van der Waals surface area (Å²) in [7, 11) is 6.14. The first-order valence-electron chi connectivity index (χ1n) is 4.50. The van der Waals surface area contributed by atoms with Crippen LogP contribution in [0.2, 0.25) is 5.02 Å². The van der Waals surface area contributed by atoms with E-state index in [4.69, 9.17) is 17.3 Å². The second-order valence-corrected chi connectivity index (χ2v) is 4.79. The lowest BCUT2D eigenvalue weighted by Gasteiger charge is -2.23. The second kappa shape index (κ2) is 3.77. The van der Waals surface area contributed by atoms with Crippen LogP contribution in [-0.2, 0) is 0 Å². The summed E-state index contributed by atoms with van der Waals surface area (Å²) in [5, 5.41) is 3.68. The fraction of sp³-hybridized carbons (Fsp3) is 0.286.